The molecule has 0 radical (unpaired) electrons. The molecule has 7 heteroatoms. The fourth-order valence-electron chi connectivity index (χ4n) is 2.33. The van der Waals surface area contributed by atoms with Crippen molar-refractivity contribution >= 4 is 15.7 Å². The van der Waals surface area contributed by atoms with Gasteiger partial charge in [0.25, 0.3) is 0 Å². The van der Waals surface area contributed by atoms with E-state index in [9.17, 15) is 12.8 Å². The smallest absolute Gasteiger partial charge is 0.246 e. The van der Waals surface area contributed by atoms with E-state index < -0.39 is 15.8 Å². The molecule has 1 saturated heterocycles. The average molecular weight is 301 g/mol. The summed E-state index contributed by atoms with van der Waals surface area (Å²) >= 11 is 0. The lowest BCUT2D eigenvalue weighted by Crippen LogP contribution is -2.50. The Hall–Kier alpha value is -1.18. The predicted octanol–water partition coefficient (Wildman–Crippen LogP) is 1.12. The molecule has 112 valence electrons. The summed E-state index contributed by atoms with van der Waals surface area (Å²) < 4.78 is 40.0. The molecule has 0 aromatic heterocycles. The maximum absolute atomic E-state index is 13.8. The van der Waals surface area contributed by atoms with Crippen molar-refractivity contribution in [2.75, 3.05) is 31.9 Å². The summed E-state index contributed by atoms with van der Waals surface area (Å²) in [5.41, 5.74) is 5.66. The third-order valence-electron chi connectivity index (χ3n) is 3.58. The molecular weight excluding hydrogens is 281 g/mol. The molecule has 0 saturated carbocycles. The van der Waals surface area contributed by atoms with Crippen molar-refractivity contribution in [3.63, 3.8) is 0 Å². The summed E-state index contributed by atoms with van der Waals surface area (Å²) in [5.74, 6) is -0.795. The highest BCUT2D eigenvalue weighted by Gasteiger charge is 2.31. The minimum absolute atomic E-state index is 0.214. The number of nitrogens with two attached hydrogens (primary N) is 1. The van der Waals surface area contributed by atoms with E-state index in [0.29, 0.717) is 32.2 Å². The monoisotopic (exact) mass is 301 g/mol. The molecule has 1 aliphatic heterocycles. The molecular formula is C13H20FN3O2S. The van der Waals surface area contributed by atoms with E-state index in [1.807, 2.05) is 0 Å². The lowest BCUT2D eigenvalue weighted by Gasteiger charge is -2.36. The Morgan fingerprint density at radius 1 is 1.20 bits per heavy atom. The zero-order chi connectivity index (χ0) is 14.9. The van der Waals surface area contributed by atoms with Gasteiger partial charge in [0.2, 0.25) is 10.0 Å². The van der Waals surface area contributed by atoms with E-state index in [1.165, 1.54) is 16.4 Å². The molecule has 2 N–H and O–H groups in total. The first kappa shape index (κ1) is 15.2. The lowest BCUT2D eigenvalue weighted by atomic mass is 10.3. The SMILES string of the molecule is CC(C)N1CCN(S(=O)(=O)c2ccc(N)cc2F)CC1. The maximum atomic E-state index is 13.8. The van der Waals surface area contributed by atoms with Gasteiger partial charge in [-0.3, -0.25) is 4.90 Å². The molecule has 0 bridgehead atoms. The summed E-state index contributed by atoms with van der Waals surface area (Å²) in [7, 11) is -3.78. The van der Waals surface area contributed by atoms with Gasteiger partial charge in [0.15, 0.2) is 0 Å². The van der Waals surface area contributed by atoms with Gasteiger partial charge in [-0.2, -0.15) is 4.31 Å². The molecule has 0 atom stereocenters. The number of sulfonamides is 1. The largest absolute Gasteiger partial charge is 0.399 e. The molecule has 2 rings (SSSR count). The number of halogens is 1. The number of rotatable bonds is 3. The first-order valence-corrected chi connectivity index (χ1v) is 8.05. The maximum Gasteiger partial charge on any atom is 0.246 e. The van der Waals surface area contributed by atoms with E-state index >= 15 is 0 Å². The molecule has 0 amide bonds. The number of hydrogen-bond acceptors (Lipinski definition) is 4. The van der Waals surface area contributed by atoms with Crippen LogP contribution in [0.3, 0.4) is 0 Å². The number of piperazine rings is 1. The topological polar surface area (TPSA) is 66.6 Å². The zero-order valence-electron chi connectivity index (χ0n) is 11.7. The number of anilines is 1. The molecule has 1 fully saturated rings. The number of hydrogen-bond donors (Lipinski definition) is 1. The van der Waals surface area contributed by atoms with Crippen molar-refractivity contribution in [3.8, 4) is 0 Å². The second-order valence-electron chi connectivity index (χ2n) is 5.22. The van der Waals surface area contributed by atoms with E-state index in [4.69, 9.17) is 5.73 Å². The fourth-order valence-corrected chi connectivity index (χ4v) is 3.79. The van der Waals surface area contributed by atoms with E-state index in [0.717, 1.165) is 6.07 Å². The summed E-state index contributed by atoms with van der Waals surface area (Å²) in [6.45, 7) is 6.23. The standard InChI is InChI=1S/C13H20FN3O2S/c1-10(2)16-5-7-17(8-6-16)20(18,19)13-4-3-11(15)9-12(13)14/h3-4,9-10H,5-8,15H2,1-2H3. The van der Waals surface area contributed by atoms with Crippen LogP contribution < -0.4 is 5.73 Å². The number of benzene rings is 1. The molecule has 1 aromatic carbocycles. The molecule has 1 aromatic rings. The van der Waals surface area contributed by atoms with Gasteiger partial charge >= 0.3 is 0 Å². The summed E-state index contributed by atoms with van der Waals surface area (Å²) in [5, 5.41) is 0. The normalized spacial score (nSPS) is 18.6. The van der Waals surface area contributed by atoms with Gasteiger partial charge in [-0.1, -0.05) is 0 Å². The Kier molecular flexibility index (Phi) is 4.31. The van der Waals surface area contributed by atoms with Crippen LogP contribution in [0.5, 0.6) is 0 Å². The van der Waals surface area contributed by atoms with Gasteiger partial charge in [-0.05, 0) is 32.0 Å². The molecule has 0 spiro atoms. The number of nitrogen functional groups attached to an aromatic ring is 1. The van der Waals surface area contributed by atoms with Gasteiger partial charge in [-0.15, -0.1) is 0 Å². The van der Waals surface area contributed by atoms with Gasteiger partial charge in [0.05, 0.1) is 0 Å². The van der Waals surface area contributed by atoms with E-state index in [-0.39, 0.29) is 10.6 Å². The molecule has 1 aliphatic rings. The molecule has 20 heavy (non-hydrogen) atoms. The lowest BCUT2D eigenvalue weighted by molar-refractivity contribution is 0.154. The summed E-state index contributed by atoms with van der Waals surface area (Å²) in [6, 6.07) is 4.06. The van der Waals surface area contributed by atoms with Crippen molar-refractivity contribution in [1.29, 1.82) is 0 Å². The molecule has 0 unspecified atom stereocenters. The molecule has 0 aliphatic carbocycles. The minimum atomic E-state index is -3.78. The van der Waals surface area contributed by atoms with Crippen LogP contribution >= 0.6 is 0 Å². The van der Waals surface area contributed by atoms with Crippen LogP contribution in [0.1, 0.15) is 13.8 Å². The van der Waals surface area contributed by atoms with Crippen LogP contribution in [0.25, 0.3) is 0 Å². The van der Waals surface area contributed by atoms with Gasteiger partial charge in [0.1, 0.15) is 10.7 Å². The van der Waals surface area contributed by atoms with Crippen LogP contribution in [-0.2, 0) is 10.0 Å². The first-order chi connectivity index (χ1) is 9.32. The Morgan fingerprint density at radius 3 is 2.30 bits per heavy atom. The van der Waals surface area contributed by atoms with Gasteiger partial charge in [0, 0.05) is 37.9 Å². The van der Waals surface area contributed by atoms with Crippen molar-refractivity contribution in [2.24, 2.45) is 0 Å². The first-order valence-electron chi connectivity index (χ1n) is 6.61. The second-order valence-corrected chi connectivity index (χ2v) is 7.13. The highest BCUT2D eigenvalue weighted by Crippen LogP contribution is 2.22. The highest BCUT2D eigenvalue weighted by molar-refractivity contribution is 7.89. The third kappa shape index (κ3) is 2.94. The second kappa shape index (κ2) is 5.67. The van der Waals surface area contributed by atoms with Crippen molar-refractivity contribution in [3.05, 3.63) is 24.0 Å². The Labute approximate surface area is 119 Å². The van der Waals surface area contributed by atoms with Crippen molar-refractivity contribution < 1.29 is 12.8 Å². The quantitative estimate of drug-likeness (QED) is 0.850. The minimum Gasteiger partial charge on any atom is -0.399 e. The van der Waals surface area contributed by atoms with E-state index in [2.05, 4.69) is 18.7 Å². The number of nitrogens with zero attached hydrogens (tertiary/aromatic N) is 2. The average Bonchev–Trinajstić information content (AvgIpc) is 2.38. The van der Waals surface area contributed by atoms with Crippen molar-refractivity contribution in [2.45, 2.75) is 24.8 Å². The molecule has 1 heterocycles. The third-order valence-corrected chi connectivity index (χ3v) is 5.51. The summed E-state index contributed by atoms with van der Waals surface area (Å²) in [4.78, 5) is 1.90. The van der Waals surface area contributed by atoms with Gasteiger partial charge < -0.3 is 5.73 Å². The van der Waals surface area contributed by atoms with Crippen LogP contribution in [0, 0.1) is 5.82 Å². The Bertz CT molecular complexity index is 581. The Balaban J connectivity index is 2.20. The van der Waals surface area contributed by atoms with Crippen LogP contribution in [0.4, 0.5) is 10.1 Å². The fraction of sp³-hybridized carbons (Fsp3) is 0.538. The van der Waals surface area contributed by atoms with Gasteiger partial charge in [-0.25, -0.2) is 12.8 Å². The van der Waals surface area contributed by atoms with Crippen LogP contribution in [0.15, 0.2) is 23.1 Å². The zero-order valence-corrected chi connectivity index (χ0v) is 12.5. The van der Waals surface area contributed by atoms with Crippen LogP contribution in [-0.4, -0.2) is 49.8 Å². The Morgan fingerprint density at radius 2 is 1.80 bits per heavy atom. The molecule has 5 nitrogen and oxygen atoms in total. The van der Waals surface area contributed by atoms with Crippen LogP contribution in [0.2, 0.25) is 0 Å². The summed E-state index contributed by atoms with van der Waals surface area (Å²) in [6.07, 6.45) is 0. The highest BCUT2D eigenvalue weighted by atomic mass is 32.2. The predicted molar refractivity (Wildman–Crippen MR) is 76.3 cm³/mol. The van der Waals surface area contributed by atoms with Crippen molar-refractivity contribution in [1.82, 2.24) is 9.21 Å². The van der Waals surface area contributed by atoms with E-state index in [1.54, 1.807) is 0 Å².